The van der Waals surface area contributed by atoms with E-state index in [1.54, 1.807) is 6.07 Å². The van der Waals surface area contributed by atoms with Gasteiger partial charge in [0.2, 0.25) is 0 Å². The molecule has 1 fully saturated rings. The quantitative estimate of drug-likeness (QED) is 0.888. The van der Waals surface area contributed by atoms with Crippen molar-refractivity contribution in [1.82, 2.24) is 4.31 Å². The lowest BCUT2D eigenvalue weighted by molar-refractivity contribution is 0.00320. The first-order chi connectivity index (χ1) is 9.04. The predicted molar refractivity (Wildman–Crippen MR) is 73.9 cm³/mol. The Hall–Kier alpha value is -0.470. The SMILES string of the molecule is Cc1ccc(S(=O)(=O)N2CCC(OCCO)CC2)s1. The van der Waals surface area contributed by atoms with Gasteiger partial charge in [-0.1, -0.05) is 0 Å². The molecule has 0 amide bonds. The van der Waals surface area contributed by atoms with Crippen molar-refractivity contribution in [3.63, 3.8) is 0 Å². The third-order valence-corrected chi connectivity index (χ3v) is 6.52. The first-order valence-corrected chi connectivity index (χ1v) is 8.59. The summed E-state index contributed by atoms with van der Waals surface area (Å²) in [5, 5.41) is 8.70. The number of ether oxygens (including phenoxy) is 1. The standard InChI is InChI=1S/C12H19NO4S2/c1-10-2-3-12(18-10)19(15,16)13-6-4-11(5-7-13)17-9-8-14/h2-3,11,14H,4-9H2,1H3. The maximum atomic E-state index is 12.4. The van der Waals surface area contributed by atoms with Gasteiger partial charge in [-0.25, -0.2) is 8.42 Å². The zero-order valence-corrected chi connectivity index (χ0v) is 12.5. The number of rotatable bonds is 5. The molecule has 2 rings (SSSR count). The van der Waals surface area contributed by atoms with Crippen molar-refractivity contribution in [2.24, 2.45) is 0 Å². The van der Waals surface area contributed by atoms with Gasteiger partial charge in [0.1, 0.15) is 4.21 Å². The molecule has 7 heteroatoms. The van der Waals surface area contributed by atoms with Crippen LogP contribution >= 0.6 is 11.3 Å². The Kier molecular flexibility index (Phi) is 4.97. The van der Waals surface area contributed by atoms with Gasteiger partial charge in [0.15, 0.2) is 0 Å². The summed E-state index contributed by atoms with van der Waals surface area (Å²) in [5.41, 5.74) is 0. The fourth-order valence-corrected chi connectivity index (χ4v) is 5.04. The number of piperidine rings is 1. The molecule has 0 aliphatic carbocycles. The van der Waals surface area contributed by atoms with Crippen LogP contribution in [0.3, 0.4) is 0 Å². The van der Waals surface area contributed by atoms with E-state index in [4.69, 9.17) is 9.84 Å². The maximum absolute atomic E-state index is 12.4. The van der Waals surface area contributed by atoms with E-state index in [0.29, 0.717) is 36.7 Å². The molecule has 0 aromatic carbocycles. The van der Waals surface area contributed by atoms with E-state index in [0.717, 1.165) is 4.88 Å². The predicted octanol–water partition coefficient (Wildman–Crippen LogP) is 1.22. The summed E-state index contributed by atoms with van der Waals surface area (Å²) in [7, 11) is -3.34. The summed E-state index contributed by atoms with van der Waals surface area (Å²) >= 11 is 1.31. The molecule has 0 unspecified atom stereocenters. The fraction of sp³-hybridized carbons (Fsp3) is 0.667. The van der Waals surface area contributed by atoms with Crippen molar-refractivity contribution in [1.29, 1.82) is 0 Å². The van der Waals surface area contributed by atoms with Crippen molar-refractivity contribution in [3.05, 3.63) is 17.0 Å². The van der Waals surface area contributed by atoms with E-state index in [9.17, 15) is 8.42 Å². The van der Waals surface area contributed by atoms with Crippen molar-refractivity contribution in [2.45, 2.75) is 30.1 Å². The van der Waals surface area contributed by atoms with E-state index in [-0.39, 0.29) is 12.7 Å². The Morgan fingerprint density at radius 1 is 1.42 bits per heavy atom. The zero-order chi connectivity index (χ0) is 13.9. The Morgan fingerprint density at radius 2 is 2.11 bits per heavy atom. The van der Waals surface area contributed by atoms with Gasteiger partial charge in [-0.05, 0) is 31.9 Å². The molecule has 1 aromatic rings. The van der Waals surface area contributed by atoms with E-state index < -0.39 is 10.0 Å². The number of aryl methyl sites for hydroxylation is 1. The van der Waals surface area contributed by atoms with Crippen LogP contribution in [0.25, 0.3) is 0 Å². The highest BCUT2D eigenvalue weighted by Gasteiger charge is 2.30. The van der Waals surface area contributed by atoms with Crippen molar-refractivity contribution >= 4 is 21.4 Å². The molecule has 1 aromatic heterocycles. The molecule has 0 atom stereocenters. The van der Waals surface area contributed by atoms with Gasteiger partial charge in [0.05, 0.1) is 19.3 Å². The highest BCUT2D eigenvalue weighted by atomic mass is 32.2. The van der Waals surface area contributed by atoms with Crippen LogP contribution in [0.5, 0.6) is 0 Å². The van der Waals surface area contributed by atoms with E-state index in [1.165, 1.54) is 15.6 Å². The number of aliphatic hydroxyl groups is 1. The van der Waals surface area contributed by atoms with Crippen molar-refractivity contribution < 1.29 is 18.3 Å². The second kappa shape index (κ2) is 6.32. The van der Waals surface area contributed by atoms with Crippen molar-refractivity contribution in [3.8, 4) is 0 Å². The lowest BCUT2D eigenvalue weighted by atomic mass is 10.1. The second-order valence-corrected chi connectivity index (χ2v) is 8.02. The van der Waals surface area contributed by atoms with Crippen LogP contribution in [-0.2, 0) is 14.8 Å². The molecule has 1 saturated heterocycles. The number of aliphatic hydroxyl groups excluding tert-OH is 1. The van der Waals surface area contributed by atoms with Crippen LogP contribution in [-0.4, -0.2) is 50.2 Å². The first-order valence-electron chi connectivity index (χ1n) is 6.33. The number of sulfonamides is 1. The lowest BCUT2D eigenvalue weighted by Crippen LogP contribution is -2.40. The summed E-state index contributed by atoms with van der Waals surface area (Å²) in [6, 6.07) is 3.50. The first kappa shape index (κ1) is 14.9. The largest absolute Gasteiger partial charge is 0.394 e. The van der Waals surface area contributed by atoms with Gasteiger partial charge < -0.3 is 9.84 Å². The van der Waals surface area contributed by atoms with E-state index in [1.807, 2.05) is 13.0 Å². The molecular formula is C12H19NO4S2. The fourth-order valence-electron chi connectivity index (χ4n) is 2.14. The molecule has 0 radical (unpaired) electrons. The van der Waals surface area contributed by atoms with Crippen LogP contribution in [0.15, 0.2) is 16.3 Å². The second-order valence-electron chi connectivity index (χ2n) is 4.56. The average Bonchev–Trinajstić information content (AvgIpc) is 2.84. The normalized spacial score (nSPS) is 18.8. The Bertz CT molecular complexity index is 504. The van der Waals surface area contributed by atoms with Gasteiger partial charge in [-0.3, -0.25) is 0 Å². The Balaban J connectivity index is 1.97. The van der Waals surface area contributed by atoms with Gasteiger partial charge in [-0.2, -0.15) is 4.31 Å². The molecule has 108 valence electrons. The molecular weight excluding hydrogens is 286 g/mol. The molecule has 0 spiro atoms. The lowest BCUT2D eigenvalue weighted by Gasteiger charge is -2.30. The minimum atomic E-state index is -3.34. The van der Waals surface area contributed by atoms with Crippen LogP contribution in [0.1, 0.15) is 17.7 Å². The molecule has 1 aliphatic rings. The third-order valence-electron chi connectivity index (χ3n) is 3.16. The van der Waals surface area contributed by atoms with Crippen LogP contribution < -0.4 is 0 Å². The molecule has 5 nitrogen and oxygen atoms in total. The third kappa shape index (κ3) is 3.55. The molecule has 1 aliphatic heterocycles. The smallest absolute Gasteiger partial charge is 0.252 e. The number of thiophene rings is 1. The summed E-state index contributed by atoms with van der Waals surface area (Å²) in [6.07, 6.45) is 1.43. The molecule has 19 heavy (non-hydrogen) atoms. The average molecular weight is 305 g/mol. The van der Waals surface area contributed by atoms with Gasteiger partial charge in [-0.15, -0.1) is 11.3 Å². The van der Waals surface area contributed by atoms with Crippen LogP contribution in [0.4, 0.5) is 0 Å². The monoisotopic (exact) mass is 305 g/mol. The van der Waals surface area contributed by atoms with Crippen LogP contribution in [0.2, 0.25) is 0 Å². The number of hydrogen-bond acceptors (Lipinski definition) is 5. The molecule has 1 N–H and O–H groups in total. The topological polar surface area (TPSA) is 66.8 Å². The zero-order valence-electron chi connectivity index (χ0n) is 10.9. The number of hydrogen-bond donors (Lipinski definition) is 1. The minimum Gasteiger partial charge on any atom is -0.394 e. The molecule has 0 bridgehead atoms. The van der Waals surface area contributed by atoms with E-state index in [2.05, 4.69) is 0 Å². The number of nitrogens with zero attached hydrogens (tertiary/aromatic N) is 1. The van der Waals surface area contributed by atoms with Crippen molar-refractivity contribution in [2.75, 3.05) is 26.3 Å². The summed E-state index contributed by atoms with van der Waals surface area (Å²) < 4.78 is 32.1. The summed E-state index contributed by atoms with van der Waals surface area (Å²) in [6.45, 7) is 3.19. The highest BCUT2D eigenvalue weighted by molar-refractivity contribution is 7.91. The molecule has 0 saturated carbocycles. The molecule has 2 heterocycles. The highest BCUT2D eigenvalue weighted by Crippen LogP contribution is 2.27. The van der Waals surface area contributed by atoms with Crippen LogP contribution in [0, 0.1) is 6.92 Å². The van der Waals surface area contributed by atoms with E-state index >= 15 is 0 Å². The Morgan fingerprint density at radius 3 is 2.63 bits per heavy atom. The van der Waals surface area contributed by atoms with Gasteiger partial charge in [0, 0.05) is 18.0 Å². The van der Waals surface area contributed by atoms with Gasteiger partial charge in [0.25, 0.3) is 10.0 Å². The summed E-state index contributed by atoms with van der Waals surface area (Å²) in [4.78, 5) is 1.000. The summed E-state index contributed by atoms with van der Waals surface area (Å²) in [5.74, 6) is 0. The van der Waals surface area contributed by atoms with Gasteiger partial charge >= 0.3 is 0 Å². The minimum absolute atomic E-state index is 0.00693. The maximum Gasteiger partial charge on any atom is 0.252 e. The Labute approximate surface area is 117 Å².